The van der Waals surface area contributed by atoms with Crippen molar-refractivity contribution < 1.29 is 23.2 Å². The van der Waals surface area contributed by atoms with Crippen molar-refractivity contribution in [3.63, 3.8) is 0 Å². The molecule has 1 aliphatic rings. The Morgan fingerprint density at radius 1 is 1.12 bits per heavy atom. The fourth-order valence-electron chi connectivity index (χ4n) is 3.05. The maximum Gasteiger partial charge on any atom is 0.277 e. The number of aryl methyl sites for hydroxylation is 1. The molecule has 0 saturated carbocycles. The number of rotatable bonds is 6. The van der Waals surface area contributed by atoms with Gasteiger partial charge in [0.1, 0.15) is 12.3 Å². The second kappa shape index (κ2) is 8.75. The van der Waals surface area contributed by atoms with Crippen LogP contribution in [0.25, 0.3) is 11.3 Å². The zero-order valence-corrected chi connectivity index (χ0v) is 17.8. The third-order valence-electron chi connectivity index (χ3n) is 4.65. The van der Waals surface area contributed by atoms with Crippen LogP contribution in [0.2, 0.25) is 0 Å². The minimum absolute atomic E-state index is 0.0626. The minimum Gasteiger partial charge on any atom is -0.485 e. The number of nitrogens with zero attached hydrogens (tertiary/aromatic N) is 3. The van der Waals surface area contributed by atoms with E-state index in [1.165, 1.54) is 0 Å². The van der Waals surface area contributed by atoms with E-state index in [-0.39, 0.29) is 29.4 Å². The van der Waals surface area contributed by atoms with E-state index in [9.17, 15) is 4.79 Å². The maximum atomic E-state index is 12.3. The number of hydrogen-bond donors (Lipinski definition) is 1. The molecular formula is C22H18N4O5S. The Morgan fingerprint density at radius 3 is 2.78 bits per heavy atom. The summed E-state index contributed by atoms with van der Waals surface area (Å²) in [7, 11) is 0. The second-order valence-electron chi connectivity index (χ2n) is 7.05. The van der Waals surface area contributed by atoms with Crippen LogP contribution < -0.4 is 14.8 Å². The maximum absolute atomic E-state index is 12.3. The summed E-state index contributed by atoms with van der Waals surface area (Å²) in [6.45, 7) is 2.27. The number of anilines is 1. The minimum atomic E-state index is -0.505. The number of nitrogens with one attached hydrogen (secondary N) is 1. The fourth-order valence-corrected chi connectivity index (χ4v) is 3.61. The Balaban J connectivity index is 1.15. The molecule has 3 heterocycles. The van der Waals surface area contributed by atoms with Crippen LogP contribution in [0, 0.1) is 6.92 Å². The van der Waals surface area contributed by atoms with Crippen molar-refractivity contribution in [3.05, 3.63) is 66.1 Å². The zero-order valence-electron chi connectivity index (χ0n) is 17.0. The number of carbonyl (C=O) groups excluding carboxylic acids is 1. The monoisotopic (exact) mass is 450 g/mol. The Morgan fingerprint density at radius 2 is 1.94 bits per heavy atom. The van der Waals surface area contributed by atoms with Crippen molar-refractivity contribution in [2.75, 3.05) is 17.7 Å². The molecule has 0 spiro atoms. The SMILES string of the molecule is Cc1ccc(-c2cc(NC(=O)CSc3nnc([C@H]4COc5ccccc5O4)o3)on2)cc1. The molecule has 32 heavy (non-hydrogen) atoms. The van der Waals surface area contributed by atoms with Gasteiger partial charge in [-0.3, -0.25) is 10.1 Å². The molecule has 2 aromatic heterocycles. The average molecular weight is 450 g/mol. The molecule has 4 aromatic rings. The Kier molecular flexibility index (Phi) is 5.51. The van der Waals surface area contributed by atoms with Crippen LogP contribution in [-0.4, -0.2) is 33.6 Å². The first-order chi connectivity index (χ1) is 15.6. The van der Waals surface area contributed by atoms with E-state index in [2.05, 4.69) is 20.7 Å². The Labute approximate surface area is 187 Å². The molecule has 1 atom stereocenters. The first-order valence-electron chi connectivity index (χ1n) is 9.82. The summed E-state index contributed by atoms with van der Waals surface area (Å²) in [4.78, 5) is 12.3. The lowest BCUT2D eigenvalue weighted by Crippen LogP contribution is -2.21. The van der Waals surface area contributed by atoms with Crippen LogP contribution >= 0.6 is 11.8 Å². The van der Waals surface area contributed by atoms with Gasteiger partial charge in [-0.1, -0.05) is 58.9 Å². The molecule has 162 valence electrons. The van der Waals surface area contributed by atoms with Crippen LogP contribution in [0.15, 0.2) is 68.8 Å². The number of hydrogen-bond acceptors (Lipinski definition) is 9. The second-order valence-corrected chi connectivity index (χ2v) is 7.98. The van der Waals surface area contributed by atoms with Crippen molar-refractivity contribution in [2.24, 2.45) is 0 Å². The van der Waals surface area contributed by atoms with Crippen molar-refractivity contribution >= 4 is 23.6 Å². The fraction of sp³-hybridized carbons (Fsp3) is 0.182. The predicted molar refractivity (Wildman–Crippen MR) is 116 cm³/mol. The van der Waals surface area contributed by atoms with Gasteiger partial charge >= 0.3 is 0 Å². The van der Waals surface area contributed by atoms with Gasteiger partial charge < -0.3 is 18.4 Å². The van der Waals surface area contributed by atoms with E-state index in [1.807, 2.05) is 55.5 Å². The molecule has 1 amide bonds. The van der Waals surface area contributed by atoms with Crippen molar-refractivity contribution in [1.82, 2.24) is 15.4 Å². The highest BCUT2D eigenvalue weighted by molar-refractivity contribution is 7.99. The lowest BCUT2D eigenvalue weighted by atomic mass is 10.1. The van der Waals surface area contributed by atoms with Gasteiger partial charge in [-0.05, 0) is 19.1 Å². The molecule has 2 aromatic carbocycles. The smallest absolute Gasteiger partial charge is 0.277 e. The van der Waals surface area contributed by atoms with Crippen LogP contribution in [0.4, 0.5) is 5.88 Å². The lowest BCUT2D eigenvalue weighted by molar-refractivity contribution is -0.113. The number of ether oxygens (including phenoxy) is 2. The van der Waals surface area contributed by atoms with Gasteiger partial charge in [-0.15, -0.1) is 10.2 Å². The van der Waals surface area contributed by atoms with E-state index in [4.69, 9.17) is 18.4 Å². The predicted octanol–water partition coefficient (Wildman–Crippen LogP) is 4.28. The normalized spacial score (nSPS) is 14.8. The van der Waals surface area contributed by atoms with Crippen molar-refractivity contribution in [2.45, 2.75) is 18.3 Å². The number of aromatic nitrogens is 3. The Hall–Kier alpha value is -3.79. The molecule has 5 rings (SSSR count). The molecule has 10 heteroatoms. The van der Waals surface area contributed by atoms with Crippen LogP contribution in [-0.2, 0) is 4.79 Å². The number of benzene rings is 2. The molecule has 0 radical (unpaired) electrons. The molecule has 0 aliphatic carbocycles. The molecule has 1 N–H and O–H groups in total. The number of thioether (sulfide) groups is 1. The average Bonchev–Trinajstić information content (AvgIpc) is 3.48. The van der Waals surface area contributed by atoms with Crippen LogP contribution in [0.3, 0.4) is 0 Å². The van der Waals surface area contributed by atoms with E-state index in [0.717, 1.165) is 22.9 Å². The van der Waals surface area contributed by atoms with Gasteiger partial charge in [0.15, 0.2) is 11.5 Å². The molecule has 0 bridgehead atoms. The quantitative estimate of drug-likeness (QED) is 0.430. The summed E-state index contributed by atoms with van der Waals surface area (Å²) < 4.78 is 22.4. The van der Waals surface area contributed by atoms with E-state index in [0.29, 0.717) is 23.1 Å². The molecule has 0 saturated heterocycles. The summed E-state index contributed by atoms with van der Waals surface area (Å²) in [5, 5.41) is 14.9. The van der Waals surface area contributed by atoms with Gasteiger partial charge in [0.25, 0.3) is 11.1 Å². The summed E-state index contributed by atoms with van der Waals surface area (Å²) >= 11 is 1.11. The number of amides is 1. The molecule has 0 unspecified atom stereocenters. The molecule has 0 fully saturated rings. The highest BCUT2D eigenvalue weighted by Gasteiger charge is 2.27. The van der Waals surface area contributed by atoms with Crippen LogP contribution in [0.5, 0.6) is 11.5 Å². The summed E-state index contributed by atoms with van der Waals surface area (Å²) in [5.74, 6) is 1.63. The largest absolute Gasteiger partial charge is 0.485 e. The van der Waals surface area contributed by atoms with Gasteiger partial charge in [0.2, 0.25) is 17.9 Å². The standard InChI is InChI=1S/C22H18N4O5S/c1-13-6-8-14(9-7-13)15-10-20(31-26-15)23-19(27)12-32-22-25-24-21(30-22)18-11-28-16-4-2-3-5-17(16)29-18/h2-10,18H,11-12H2,1H3,(H,23,27)/t18-/m1/s1. The van der Waals surface area contributed by atoms with E-state index >= 15 is 0 Å². The van der Waals surface area contributed by atoms with E-state index < -0.39 is 6.10 Å². The van der Waals surface area contributed by atoms with Crippen molar-refractivity contribution in [1.29, 1.82) is 0 Å². The number of fused-ring (bicyclic) bond motifs is 1. The van der Waals surface area contributed by atoms with Gasteiger partial charge in [-0.25, -0.2) is 0 Å². The van der Waals surface area contributed by atoms with E-state index in [1.54, 1.807) is 6.07 Å². The highest BCUT2D eigenvalue weighted by Crippen LogP contribution is 2.36. The lowest BCUT2D eigenvalue weighted by Gasteiger charge is -2.23. The first-order valence-corrected chi connectivity index (χ1v) is 10.8. The molecule has 9 nitrogen and oxygen atoms in total. The molecular weight excluding hydrogens is 432 g/mol. The van der Waals surface area contributed by atoms with Crippen LogP contribution in [0.1, 0.15) is 17.6 Å². The zero-order chi connectivity index (χ0) is 21.9. The Bertz CT molecular complexity index is 1240. The van der Waals surface area contributed by atoms with Gasteiger partial charge in [0.05, 0.1) is 5.75 Å². The summed E-state index contributed by atoms with van der Waals surface area (Å²) in [5.41, 5.74) is 2.70. The van der Waals surface area contributed by atoms with Gasteiger partial charge in [0, 0.05) is 11.6 Å². The number of carbonyl (C=O) groups is 1. The first kappa shape index (κ1) is 20.1. The molecule has 1 aliphatic heterocycles. The topological polar surface area (TPSA) is 113 Å². The third-order valence-corrected chi connectivity index (χ3v) is 5.47. The third kappa shape index (κ3) is 4.45. The van der Waals surface area contributed by atoms with Crippen molar-refractivity contribution in [3.8, 4) is 22.8 Å². The summed E-state index contributed by atoms with van der Waals surface area (Å²) in [6.07, 6.45) is -0.505. The highest BCUT2D eigenvalue weighted by atomic mass is 32.2. The summed E-state index contributed by atoms with van der Waals surface area (Å²) in [6, 6.07) is 16.9. The van der Waals surface area contributed by atoms with Gasteiger partial charge in [-0.2, -0.15) is 0 Å². The number of para-hydroxylation sites is 2.